The molecule has 0 radical (unpaired) electrons. The lowest BCUT2D eigenvalue weighted by Crippen LogP contribution is -2.00. The maximum Gasteiger partial charge on any atom is 0.212 e. The van der Waals surface area contributed by atoms with Crippen LogP contribution in [0.1, 0.15) is 0 Å². The first kappa shape index (κ1) is 13.0. The van der Waals surface area contributed by atoms with Gasteiger partial charge in [0.2, 0.25) is 5.95 Å². The average molecular weight is 304 g/mol. The molecule has 1 heterocycles. The van der Waals surface area contributed by atoms with Gasteiger partial charge in [-0.2, -0.15) is 0 Å². The van der Waals surface area contributed by atoms with Crippen LogP contribution in [0.5, 0.6) is 0 Å². The van der Waals surface area contributed by atoms with E-state index in [1.807, 2.05) is 59.3 Å². The highest BCUT2D eigenvalue weighted by atomic mass is 35.5. The SMILES string of the molecule is Clc1ccc(Nc2nccn2-c2ccc(Cl)cc2)cc1. The van der Waals surface area contributed by atoms with E-state index in [-0.39, 0.29) is 0 Å². The second kappa shape index (κ2) is 5.57. The molecule has 1 N–H and O–H groups in total. The van der Waals surface area contributed by atoms with Gasteiger partial charge in [-0.1, -0.05) is 23.2 Å². The minimum absolute atomic E-state index is 0.705. The Balaban J connectivity index is 1.90. The summed E-state index contributed by atoms with van der Waals surface area (Å²) in [6.45, 7) is 0. The van der Waals surface area contributed by atoms with Gasteiger partial charge in [0.25, 0.3) is 0 Å². The highest BCUT2D eigenvalue weighted by Crippen LogP contribution is 2.21. The topological polar surface area (TPSA) is 29.9 Å². The Morgan fingerprint density at radius 3 is 2.10 bits per heavy atom. The number of rotatable bonds is 3. The zero-order chi connectivity index (χ0) is 13.9. The normalized spacial score (nSPS) is 10.5. The molecular weight excluding hydrogens is 293 g/mol. The number of benzene rings is 2. The smallest absolute Gasteiger partial charge is 0.212 e. The number of hydrogen-bond acceptors (Lipinski definition) is 2. The summed E-state index contributed by atoms with van der Waals surface area (Å²) in [5, 5.41) is 4.67. The number of halogens is 2. The molecule has 0 unspecified atom stereocenters. The van der Waals surface area contributed by atoms with Crippen molar-refractivity contribution in [3.8, 4) is 5.69 Å². The molecule has 1 aromatic heterocycles. The van der Waals surface area contributed by atoms with Crippen molar-refractivity contribution < 1.29 is 0 Å². The number of aromatic nitrogens is 2. The molecule has 3 rings (SSSR count). The summed E-state index contributed by atoms with van der Waals surface area (Å²) in [6.07, 6.45) is 3.63. The molecule has 0 amide bonds. The fourth-order valence-electron chi connectivity index (χ4n) is 1.87. The largest absolute Gasteiger partial charge is 0.325 e. The fraction of sp³-hybridized carbons (Fsp3) is 0. The van der Waals surface area contributed by atoms with E-state index in [1.165, 1.54) is 0 Å². The van der Waals surface area contributed by atoms with E-state index in [2.05, 4.69) is 10.3 Å². The van der Waals surface area contributed by atoms with Gasteiger partial charge in [0.1, 0.15) is 0 Å². The van der Waals surface area contributed by atoms with Crippen LogP contribution in [0.15, 0.2) is 60.9 Å². The maximum absolute atomic E-state index is 5.90. The van der Waals surface area contributed by atoms with Crippen LogP contribution in [0.3, 0.4) is 0 Å². The minimum atomic E-state index is 0.705. The molecule has 0 fully saturated rings. The van der Waals surface area contributed by atoms with E-state index in [9.17, 15) is 0 Å². The fourth-order valence-corrected chi connectivity index (χ4v) is 2.12. The number of imidazole rings is 1. The van der Waals surface area contributed by atoms with Crippen LogP contribution >= 0.6 is 23.2 Å². The van der Waals surface area contributed by atoms with E-state index in [0.717, 1.165) is 17.3 Å². The van der Waals surface area contributed by atoms with Gasteiger partial charge < -0.3 is 5.32 Å². The van der Waals surface area contributed by atoms with Gasteiger partial charge in [-0.25, -0.2) is 4.98 Å². The zero-order valence-electron chi connectivity index (χ0n) is 10.4. The van der Waals surface area contributed by atoms with Gasteiger partial charge in [0.05, 0.1) is 0 Å². The van der Waals surface area contributed by atoms with Crippen LogP contribution in [0.4, 0.5) is 11.6 Å². The van der Waals surface area contributed by atoms with E-state index < -0.39 is 0 Å². The second-order valence-electron chi connectivity index (χ2n) is 4.23. The van der Waals surface area contributed by atoms with Crippen LogP contribution in [0, 0.1) is 0 Å². The molecule has 0 saturated carbocycles. The molecule has 0 saturated heterocycles. The summed E-state index contributed by atoms with van der Waals surface area (Å²) in [5.41, 5.74) is 1.92. The van der Waals surface area contributed by atoms with Crippen molar-refractivity contribution in [2.24, 2.45) is 0 Å². The Hall–Kier alpha value is -1.97. The van der Waals surface area contributed by atoms with Crippen molar-refractivity contribution in [3.63, 3.8) is 0 Å². The Labute approximate surface area is 126 Å². The van der Waals surface area contributed by atoms with Crippen LogP contribution in [-0.2, 0) is 0 Å². The first-order valence-corrected chi connectivity index (χ1v) is 6.80. The Bertz CT molecular complexity index is 703. The van der Waals surface area contributed by atoms with Crippen molar-refractivity contribution in [3.05, 3.63) is 71.0 Å². The maximum atomic E-state index is 5.90. The van der Waals surface area contributed by atoms with Crippen LogP contribution in [0.25, 0.3) is 5.69 Å². The summed E-state index contributed by atoms with van der Waals surface area (Å²) >= 11 is 11.8. The molecule has 0 aliphatic rings. The van der Waals surface area contributed by atoms with E-state index >= 15 is 0 Å². The number of nitrogens with one attached hydrogen (secondary N) is 1. The quantitative estimate of drug-likeness (QED) is 0.744. The summed E-state index contributed by atoms with van der Waals surface area (Å²) in [6, 6.07) is 15.1. The molecule has 5 heteroatoms. The summed E-state index contributed by atoms with van der Waals surface area (Å²) < 4.78 is 1.95. The monoisotopic (exact) mass is 303 g/mol. The molecule has 0 aliphatic carbocycles. The van der Waals surface area contributed by atoms with E-state index in [1.54, 1.807) is 6.20 Å². The molecule has 0 spiro atoms. The predicted molar refractivity (Wildman–Crippen MR) is 83.3 cm³/mol. The zero-order valence-corrected chi connectivity index (χ0v) is 11.9. The molecule has 2 aromatic carbocycles. The van der Waals surface area contributed by atoms with Gasteiger partial charge in [0, 0.05) is 33.8 Å². The predicted octanol–water partition coefficient (Wildman–Crippen LogP) is 4.92. The minimum Gasteiger partial charge on any atom is -0.325 e. The van der Waals surface area contributed by atoms with Gasteiger partial charge in [-0.3, -0.25) is 4.57 Å². The third kappa shape index (κ3) is 2.79. The van der Waals surface area contributed by atoms with Gasteiger partial charge in [-0.05, 0) is 48.5 Å². The van der Waals surface area contributed by atoms with Crippen LogP contribution < -0.4 is 5.32 Å². The van der Waals surface area contributed by atoms with Crippen molar-refractivity contribution in [2.45, 2.75) is 0 Å². The Morgan fingerprint density at radius 2 is 1.45 bits per heavy atom. The lowest BCUT2D eigenvalue weighted by molar-refractivity contribution is 1.06. The standard InChI is InChI=1S/C15H11Cl2N3/c16-11-1-5-13(6-2-11)19-15-18-9-10-20(15)14-7-3-12(17)4-8-14/h1-10H,(H,18,19). The van der Waals surface area contributed by atoms with E-state index in [0.29, 0.717) is 10.0 Å². The Kier molecular flexibility index (Phi) is 3.63. The van der Waals surface area contributed by atoms with Crippen molar-refractivity contribution in [2.75, 3.05) is 5.32 Å². The van der Waals surface area contributed by atoms with Crippen molar-refractivity contribution in [1.82, 2.24) is 9.55 Å². The molecule has 100 valence electrons. The van der Waals surface area contributed by atoms with Crippen molar-refractivity contribution in [1.29, 1.82) is 0 Å². The third-order valence-corrected chi connectivity index (χ3v) is 3.35. The highest BCUT2D eigenvalue weighted by Gasteiger charge is 2.05. The number of hydrogen-bond donors (Lipinski definition) is 1. The van der Waals surface area contributed by atoms with Gasteiger partial charge >= 0.3 is 0 Å². The number of anilines is 2. The third-order valence-electron chi connectivity index (χ3n) is 2.85. The first-order valence-electron chi connectivity index (χ1n) is 6.04. The summed E-state index contributed by atoms with van der Waals surface area (Å²) in [7, 11) is 0. The first-order chi connectivity index (χ1) is 9.72. The van der Waals surface area contributed by atoms with Crippen molar-refractivity contribution >= 4 is 34.8 Å². The lowest BCUT2D eigenvalue weighted by Gasteiger charge is -2.10. The molecule has 3 nitrogen and oxygen atoms in total. The van der Waals surface area contributed by atoms with Crippen LogP contribution in [-0.4, -0.2) is 9.55 Å². The molecule has 20 heavy (non-hydrogen) atoms. The molecule has 0 bridgehead atoms. The van der Waals surface area contributed by atoms with Crippen LogP contribution in [0.2, 0.25) is 10.0 Å². The summed E-state index contributed by atoms with van der Waals surface area (Å²) in [5.74, 6) is 0.731. The second-order valence-corrected chi connectivity index (χ2v) is 5.10. The molecule has 0 atom stereocenters. The Morgan fingerprint density at radius 1 is 0.850 bits per heavy atom. The number of nitrogens with zero attached hydrogens (tertiary/aromatic N) is 2. The molecular formula is C15H11Cl2N3. The molecule has 0 aliphatic heterocycles. The van der Waals surface area contributed by atoms with E-state index in [4.69, 9.17) is 23.2 Å². The average Bonchev–Trinajstić information content (AvgIpc) is 2.90. The summed E-state index contributed by atoms with van der Waals surface area (Å²) in [4.78, 5) is 4.32. The lowest BCUT2D eigenvalue weighted by atomic mass is 10.3. The van der Waals surface area contributed by atoms with Gasteiger partial charge in [-0.15, -0.1) is 0 Å². The van der Waals surface area contributed by atoms with Gasteiger partial charge in [0.15, 0.2) is 0 Å². The highest BCUT2D eigenvalue weighted by molar-refractivity contribution is 6.30. The molecule has 3 aromatic rings.